The van der Waals surface area contributed by atoms with Gasteiger partial charge in [0.15, 0.2) is 0 Å². The quantitative estimate of drug-likeness (QED) is 0.832. The van der Waals surface area contributed by atoms with Crippen LogP contribution in [-0.4, -0.2) is 4.98 Å². The van der Waals surface area contributed by atoms with E-state index in [1.807, 2.05) is 38.1 Å². The number of aromatic nitrogens is 1. The molecule has 0 fully saturated rings. The fourth-order valence-corrected chi connectivity index (χ4v) is 2.24. The van der Waals surface area contributed by atoms with Crippen molar-refractivity contribution in [2.75, 3.05) is 0 Å². The molecule has 1 heterocycles. The van der Waals surface area contributed by atoms with Crippen molar-refractivity contribution >= 4 is 11.3 Å². The van der Waals surface area contributed by atoms with Crippen LogP contribution in [0.2, 0.25) is 0 Å². The fraction of sp³-hybridized carbons (Fsp3) is 0.231. The van der Waals surface area contributed by atoms with E-state index in [-0.39, 0.29) is 0 Å². The number of thiazole rings is 1. The van der Waals surface area contributed by atoms with Crippen LogP contribution in [0.25, 0.3) is 0 Å². The summed E-state index contributed by atoms with van der Waals surface area (Å²) in [5.74, 6) is 0.830. The molecule has 1 aromatic carbocycles. The van der Waals surface area contributed by atoms with Crippen molar-refractivity contribution < 1.29 is 4.74 Å². The second-order valence-electron chi connectivity index (χ2n) is 3.74. The van der Waals surface area contributed by atoms with Gasteiger partial charge in [-0.15, -0.1) is 11.3 Å². The van der Waals surface area contributed by atoms with E-state index in [2.05, 4.69) is 11.1 Å². The van der Waals surface area contributed by atoms with Gasteiger partial charge in [0, 0.05) is 0 Å². The van der Waals surface area contributed by atoms with Crippen LogP contribution in [-0.2, 0) is 6.61 Å². The molecule has 17 heavy (non-hydrogen) atoms. The second kappa shape index (κ2) is 4.98. The molecule has 0 unspecified atom stereocenters. The van der Waals surface area contributed by atoms with Crippen LogP contribution in [0.4, 0.5) is 0 Å². The van der Waals surface area contributed by atoms with E-state index in [4.69, 9.17) is 10.00 Å². The molecule has 1 aromatic heterocycles. The number of nitriles is 1. The summed E-state index contributed by atoms with van der Waals surface area (Å²) in [4.78, 5) is 4.95. The Hall–Kier alpha value is -1.86. The van der Waals surface area contributed by atoms with Crippen LogP contribution in [0.1, 0.15) is 21.1 Å². The van der Waals surface area contributed by atoms with E-state index in [1.165, 1.54) is 11.3 Å². The Morgan fingerprint density at radius 2 is 2.24 bits per heavy atom. The van der Waals surface area contributed by atoms with Crippen molar-refractivity contribution in [3.05, 3.63) is 45.4 Å². The van der Waals surface area contributed by atoms with Crippen molar-refractivity contribution in [1.82, 2.24) is 4.98 Å². The number of hydrogen-bond acceptors (Lipinski definition) is 4. The van der Waals surface area contributed by atoms with Gasteiger partial charge in [-0.25, -0.2) is 4.98 Å². The van der Waals surface area contributed by atoms with Crippen molar-refractivity contribution in [1.29, 1.82) is 5.26 Å². The summed E-state index contributed by atoms with van der Waals surface area (Å²) in [6, 6.07) is 10.00. The number of ether oxygens (including phenoxy) is 1. The largest absolute Gasteiger partial charge is 0.486 e. The lowest BCUT2D eigenvalue weighted by Gasteiger charge is -2.04. The summed E-state index contributed by atoms with van der Waals surface area (Å²) in [7, 11) is 0. The number of nitrogens with zero attached hydrogens (tertiary/aromatic N) is 2. The first-order valence-electron chi connectivity index (χ1n) is 5.25. The van der Waals surface area contributed by atoms with E-state index in [9.17, 15) is 0 Å². The van der Waals surface area contributed by atoms with Crippen molar-refractivity contribution in [3.63, 3.8) is 0 Å². The molecule has 86 valence electrons. The third-order valence-corrected chi connectivity index (χ3v) is 3.33. The number of hydrogen-bond donors (Lipinski definition) is 0. The lowest BCUT2D eigenvalue weighted by atomic mass is 10.2. The first-order valence-corrected chi connectivity index (χ1v) is 6.06. The van der Waals surface area contributed by atoms with Gasteiger partial charge in [-0.05, 0) is 31.5 Å². The normalized spacial score (nSPS) is 9.94. The average Bonchev–Trinajstić information content (AvgIpc) is 2.67. The average molecular weight is 244 g/mol. The van der Waals surface area contributed by atoms with Gasteiger partial charge < -0.3 is 4.74 Å². The van der Waals surface area contributed by atoms with E-state index in [0.29, 0.717) is 11.5 Å². The molecular formula is C13H12N2OS. The lowest BCUT2D eigenvalue weighted by molar-refractivity contribution is 0.305. The van der Waals surface area contributed by atoms with E-state index < -0.39 is 0 Å². The summed E-state index contributed by atoms with van der Waals surface area (Å²) in [6.07, 6.45) is 0. The molecule has 2 aromatic rings. The zero-order chi connectivity index (χ0) is 12.3. The highest BCUT2D eigenvalue weighted by atomic mass is 32.1. The molecule has 0 saturated heterocycles. The minimum Gasteiger partial charge on any atom is -0.486 e. The third-order valence-electron chi connectivity index (χ3n) is 2.29. The van der Waals surface area contributed by atoms with Crippen molar-refractivity contribution in [3.8, 4) is 11.8 Å². The zero-order valence-electron chi connectivity index (χ0n) is 9.73. The van der Waals surface area contributed by atoms with Gasteiger partial charge in [0.1, 0.15) is 28.3 Å². The number of rotatable bonds is 3. The van der Waals surface area contributed by atoms with Gasteiger partial charge in [0.2, 0.25) is 0 Å². The maximum absolute atomic E-state index is 8.83. The molecule has 0 amide bonds. The Labute approximate surface area is 104 Å². The predicted octanol–water partition coefficient (Wildman–Crippen LogP) is 3.21. The van der Waals surface area contributed by atoms with Crippen molar-refractivity contribution in [2.24, 2.45) is 0 Å². The predicted molar refractivity (Wildman–Crippen MR) is 67.1 cm³/mol. The molecule has 0 aliphatic rings. The standard InChI is InChI=1S/C13H12N2OS/c1-9-4-3-5-11(6-9)16-8-13-15-10(2)12(7-14)17-13/h3-6H,8H2,1-2H3. The molecule has 0 saturated carbocycles. The molecule has 0 N–H and O–H groups in total. The molecule has 4 heteroatoms. The zero-order valence-corrected chi connectivity index (χ0v) is 10.5. The van der Waals surface area contributed by atoms with Gasteiger partial charge in [-0.3, -0.25) is 0 Å². The second-order valence-corrected chi connectivity index (χ2v) is 4.82. The fourth-order valence-electron chi connectivity index (χ4n) is 1.47. The van der Waals surface area contributed by atoms with Crippen LogP contribution in [0.3, 0.4) is 0 Å². The summed E-state index contributed by atoms with van der Waals surface area (Å²) in [5.41, 5.74) is 1.94. The van der Waals surface area contributed by atoms with Crippen LogP contribution in [0, 0.1) is 25.2 Å². The summed E-state index contributed by atoms with van der Waals surface area (Å²) < 4.78 is 5.62. The summed E-state index contributed by atoms with van der Waals surface area (Å²) in [5, 5.41) is 9.67. The maximum atomic E-state index is 8.83. The Morgan fingerprint density at radius 1 is 1.41 bits per heavy atom. The van der Waals surface area contributed by atoms with Crippen molar-refractivity contribution in [2.45, 2.75) is 20.5 Å². The number of aryl methyl sites for hydroxylation is 2. The highest BCUT2D eigenvalue weighted by Crippen LogP contribution is 2.19. The van der Waals surface area contributed by atoms with Gasteiger partial charge in [0.05, 0.1) is 5.69 Å². The molecule has 2 rings (SSSR count). The van der Waals surface area contributed by atoms with E-state index in [1.54, 1.807) is 0 Å². The van der Waals surface area contributed by atoms with Gasteiger partial charge in [-0.1, -0.05) is 12.1 Å². The first-order chi connectivity index (χ1) is 8.19. The maximum Gasteiger partial charge on any atom is 0.140 e. The van der Waals surface area contributed by atoms with Crippen LogP contribution in [0.5, 0.6) is 5.75 Å². The molecule has 0 aliphatic heterocycles. The van der Waals surface area contributed by atoms with Crippen LogP contribution in [0.15, 0.2) is 24.3 Å². The van der Waals surface area contributed by atoms with Crippen LogP contribution >= 0.6 is 11.3 Å². The molecule has 0 aliphatic carbocycles. The van der Waals surface area contributed by atoms with Gasteiger partial charge >= 0.3 is 0 Å². The van der Waals surface area contributed by atoms with E-state index >= 15 is 0 Å². The molecule has 0 radical (unpaired) electrons. The Kier molecular flexibility index (Phi) is 3.40. The summed E-state index contributed by atoms with van der Waals surface area (Å²) >= 11 is 1.39. The monoisotopic (exact) mass is 244 g/mol. The summed E-state index contributed by atoms with van der Waals surface area (Å²) in [6.45, 7) is 4.27. The van der Waals surface area contributed by atoms with Gasteiger partial charge in [-0.2, -0.15) is 5.26 Å². The third kappa shape index (κ3) is 2.83. The highest BCUT2D eigenvalue weighted by Gasteiger charge is 2.07. The topological polar surface area (TPSA) is 45.9 Å². The Bertz CT molecular complexity index is 569. The minimum absolute atomic E-state index is 0.413. The lowest BCUT2D eigenvalue weighted by Crippen LogP contribution is -1.94. The van der Waals surface area contributed by atoms with Gasteiger partial charge in [0.25, 0.3) is 0 Å². The Balaban J connectivity index is 2.05. The van der Waals surface area contributed by atoms with Crippen LogP contribution < -0.4 is 4.74 Å². The highest BCUT2D eigenvalue weighted by molar-refractivity contribution is 7.12. The molecule has 0 bridgehead atoms. The first kappa shape index (κ1) is 11.6. The number of benzene rings is 1. The molecule has 0 spiro atoms. The molecule has 3 nitrogen and oxygen atoms in total. The SMILES string of the molecule is Cc1cccc(OCc2nc(C)c(C#N)s2)c1. The Morgan fingerprint density at radius 3 is 2.88 bits per heavy atom. The molecule has 0 atom stereocenters. The molecular weight excluding hydrogens is 232 g/mol. The minimum atomic E-state index is 0.413. The smallest absolute Gasteiger partial charge is 0.140 e. The van der Waals surface area contributed by atoms with E-state index in [0.717, 1.165) is 22.0 Å².